The molecule has 0 spiro atoms. The Bertz CT molecular complexity index is 1360. The number of carbonyl (C=O) groups is 1. The Hall–Kier alpha value is -3.78. The first kappa shape index (κ1) is 25.8. The highest BCUT2D eigenvalue weighted by atomic mass is 32.2. The molecular formula is C24H17F5N2O3S. The summed E-state index contributed by atoms with van der Waals surface area (Å²) in [7, 11) is -4.11. The van der Waals surface area contributed by atoms with Crippen molar-refractivity contribution in [1.82, 2.24) is 0 Å². The van der Waals surface area contributed by atoms with Gasteiger partial charge < -0.3 is 5.32 Å². The first-order valence-corrected chi connectivity index (χ1v) is 11.7. The second-order valence-electron chi connectivity index (χ2n) is 7.62. The lowest BCUT2D eigenvalue weighted by molar-refractivity contribution is -0.137. The Morgan fingerprint density at radius 3 is 2.06 bits per heavy atom. The lowest BCUT2D eigenvalue weighted by Crippen LogP contribution is -2.31. The van der Waals surface area contributed by atoms with Crippen LogP contribution in [0, 0.1) is 28.9 Å². The average Bonchev–Trinajstić information content (AvgIpc) is 2.79. The molecule has 182 valence electrons. The fourth-order valence-corrected chi connectivity index (χ4v) is 4.88. The summed E-state index contributed by atoms with van der Waals surface area (Å²) < 4.78 is 92.0. The summed E-state index contributed by atoms with van der Waals surface area (Å²) in [5.74, 6) is -4.15. The number of amides is 1. The lowest BCUT2D eigenvalue weighted by atomic mass is 9.99. The van der Waals surface area contributed by atoms with Gasteiger partial charge in [0.1, 0.15) is 11.6 Å². The fourth-order valence-electron chi connectivity index (χ4n) is 3.33. The molecule has 0 heterocycles. The Morgan fingerprint density at radius 2 is 1.51 bits per heavy atom. The molecule has 0 radical (unpaired) electrons. The summed E-state index contributed by atoms with van der Waals surface area (Å²) >= 11 is 0. The Kier molecular flexibility index (Phi) is 7.55. The highest BCUT2D eigenvalue weighted by molar-refractivity contribution is 7.91. The van der Waals surface area contributed by atoms with Crippen LogP contribution >= 0.6 is 0 Å². The molecule has 0 aliphatic carbocycles. The number of anilines is 1. The molecule has 0 fully saturated rings. The number of halogens is 5. The van der Waals surface area contributed by atoms with Crippen LogP contribution in [0.25, 0.3) is 0 Å². The molecule has 1 unspecified atom stereocenters. The van der Waals surface area contributed by atoms with E-state index in [-0.39, 0.29) is 17.0 Å². The average molecular weight is 508 g/mol. The summed E-state index contributed by atoms with van der Waals surface area (Å²) in [6.45, 7) is 0. The third kappa shape index (κ3) is 6.64. The highest BCUT2D eigenvalue weighted by Crippen LogP contribution is 2.33. The Labute approximate surface area is 197 Å². The van der Waals surface area contributed by atoms with Gasteiger partial charge in [-0.25, -0.2) is 17.2 Å². The zero-order valence-corrected chi connectivity index (χ0v) is 18.6. The lowest BCUT2D eigenvalue weighted by Gasteiger charge is -2.18. The van der Waals surface area contributed by atoms with E-state index < -0.39 is 56.4 Å². The maximum atomic E-state index is 13.3. The van der Waals surface area contributed by atoms with E-state index in [4.69, 9.17) is 5.26 Å². The molecular weight excluding hydrogens is 491 g/mol. The van der Waals surface area contributed by atoms with Crippen molar-refractivity contribution in [3.8, 4) is 6.07 Å². The van der Waals surface area contributed by atoms with E-state index in [0.717, 1.165) is 48.5 Å². The second kappa shape index (κ2) is 10.2. The molecule has 0 saturated carbocycles. The number of benzene rings is 3. The molecule has 5 nitrogen and oxygen atoms in total. The Morgan fingerprint density at radius 1 is 0.943 bits per heavy atom. The number of hydrogen-bond donors (Lipinski definition) is 1. The molecule has 1 N–H and O–H groups in total. The molecule has 3 aromatic rings. The van der Waals surface area contributed by atoms with E-state index in [9.17, 15) is 35.2 Å². The third-order valence-corrected chi connectivity index (χ3v) is 6.90. The minimum Gasteiger partial charge on any atom is -0.326 e. The van der Waals surface area contributed by atoms with Gasteiger partial charge in [0.2, 0.25) is 5.91 Å². The maximum absolute atomic E-state index is 13.3. The van der Waals surface area contributed by atoms with Crippen LogP contribution in [0.1, 0.15) is 16.7 Å². The van der Waals surface area contributed by atoms with Crippen molar-refractivity contribution in [1.29, 1.82) is 5.26 Å². The summed E-state index contributed by atoms with van der Waals surface area (Å²) in [4.78, 5) is 12.8. The zero-order valence-electron chi connectivity index (χ0n) is 17.8. The van der Waals surface area contributed by atoms with E-state index in [1.165, 1.54) is 18.2 Å². The van der Waals surface area contributed by atoms with Gasteiger partial charge in [0.15, 0.2) is 9.84 Å². The molecule has 0 aliphatic heterocycles. The van der Waals surface area contributed by atoms with Gasteiger partial charge in [-0.05, 0) is 66.6 Å². The predicted molar refractivity (Wildman–Crippen MR) is 117 cm³/mol. The van der Waals surface area contributed by atoms with Crippen molar-refractivity contribution in [3.63, 3.8) is 0 Å². The van der Waals surface area contributed by atoms with Gasteiger partial charge in [0.05, 0.1) is 33.8 Å². The van der Waals surface area contributed by atoms with Gasteiger partial charge in [0, 0.05) is 5.69 Å². The van der Waals surface area contributed by atoms with Gasteiger partial charge in [-0.2, -0.15) is 18.4 Å². The standard InChI is InChI=1S/C24H17F5N2O3S/c25-18-4-1-15(2-5-18)11-17(14-35(33,34)21-9-6-19(26)7-10-21)23(32)31-20-8-3-16(13-30)22(12-20)24(27,28)29/h1-10,12,17H,11,14H2,(H,31,32). The van der Waals surface area contributed by atoms with Gasteiger partial charge in [0.25, 0.3) is 0 Å². The van der Waals surface area contributed by atoms with E-state index in [1.54, 1.807) is 0 Å². The summed E-state index contributed by atoms with van der Waals surface area (Å²) in [5.41, 5.74) is -1.77. The van der Waals surface area contributed by atoms with Gasteiger partial charge in [-0.15, -0.1) is 0 Å². The normalized spacial score (nSPS) is 12.6. The molecule has 1 amide bonds. The van der Waals surface area contributed by atoms with Crippen molar-refractivity contribution < 1.29 is 35.2 Å². The van der Waals surface area contributed by atoms with Gasteiger partial charge in [-0.1, -0.05) is 12.1 Å². The van der Waals surface area contributed by atoms with E-state index in [0.29, 0.717) is 11.6 Å². The van der Waals surface area contributed by atoms with Crippen molar-refractivity contribution in [3.05, 3.63) is 95.1 Å². The molecule has 35 heavy (non-hydrogen) atoms. The second-order valence-corrected chi connectivity index (χ2v) is 9.66. The summed E-state index contributed by atoms with van der Waals surface area (Å²) in [5, 5.41) is 11.2. The number of sulfone groups is 1. The Balaban J connectivity index is 1.92. The number of hydrogen-bond acceptors (Lipinski definition) is 4. The smallest absolute Gasteiger partial charge is 0.326 e. The fraction of sp³-hybridized carbons (Fsp3) is 0.167. The van der Waals surface area contributed by atoms with Crippen molar-refractivity contribution in [2.24, 2.45) is 5.92 Å². The van der Waals surface area contributed by atoms with Crippen molar-refractivity contribution in [2.75, 3.05) is 11.1 Å². The van der Waals surface area contributed by atoms with E-state index in [1.807, 2.05) is 0 Å². The number of nitrogens with one attached hydrogen (secondary N) is 1. The van der Waals surface area contributed by atoms with Crippen LogP contribution in [0.3, 0.4) is 0 Å². The van der Waals surface area contributed by atoms with Gasteiger partial charge >= 0.3 is 6.18 Å². The predicted octanol–water partition coefficient (Wildman–Crippen LogP) is 5.13. The number of carbonyl (C=O) groups excluding carboxylic acids is 1. The van der Waals surface area contributed by atoms with Crippen LogP contribution in [-0.2, 0) is 27.2 Å². The van der Waals surface area contributed by atoms with Crippen molar-refractivity contribution in [2.45, 2.75) is 17.5 Å². The van der Waals surface area contributed by atoms with Crippen LogP contribution < -0.4 is 5.32 Å². The molecule has 1 atom stereocenters. The molecule has 0 bridgehead atoms. The summed E-state index contributed by atoms with van der Waals surface area (Å²) in [6.07, 6.45) is -5.03. The van der Waals surface area contributed by atoms with Crippen LogP contribution in [0.5, 0.6) is 0 Å². The van der Waals surface area contributed by atoms with Crippen LogP contribution in [0.4, 0.5) is 27.6 Å². The van der Waals surface area contributed by atoms with Crippen LogP contribution in [0.15, 0.2) is 71.6 Å². The number of nitriles is 1. The highest BCUT2D eigenvalue weighted by Gasteiger charge is 2.34. The number of nitrogens with zero attached hydrogens (tertiary/aromatic N) is 1. The quantitative estimate of drug-likeness (QED) is 0.354. The molecule has 0 aliphatic rings. The summed E-state index contributed by atoms with van der Waals surface area (Å²) in [6, 6.07) is 12.9. The first-order valence-electron chi connectivity index (χ1n) is 10.0. The monoisotopic (exact) mass is 508 g/mol. The molecule has 0 aromatic heterocycles. The van der Waals surface area contributed by atoms with E-state index >= 15 is 0 Å². The largest absolute Gasteiger partial charge is 0.417 e. The molecule has 0 saturated heterocycles. The third-order valence-electron chi connectivity index (χ3n) is 5.07. The maximum Gasteiger partial charge on any atom is 0.417 e. The minimum absolute atomic E-state index is 0.172. The topological polar surface area (TPSA) is 87.0 Å². The van der Waals surface area contributed by atoms with E-state index in [2.05, 4.69) is 5.32 Å². The number of alkyl halides is 3. The van der Waals surface area contributed by atoms with Crippen molar-refractivity contribution >= 4 is 21.4 Å². The first-order chi connectivity index (χ1) is 16.4. The van der Waals surface area contributed by atoms with Crippen LogP contribution in [-0.4, -0.2) is 20.1 Å². The molecule has 11 heteroatoms. The van der Waals surface area contributed by atoms with Crippen LogP contribution in [0.2, 0.25) is 0 Å². The number of rotatable bonds is 7. The van der Waals surface area contributed by atoms with Gasteiger partial charge in [-0.3, -0.25) is 4.79 Å². The minimum atomic E-state index is -4.86. The SMILES string of the molecule is N#Cc1ccc(NC(=O)C(Cc2ccc(F)cc2)CS(=O)(=O)c2ccc(F)cc2)cc1C(F)(F)F. The molecule has 3 aromatic carbocycles. The molecule has 3 rings (SSSR count). The zero-order chi connectivity index (χ0) is 25.8.